The molecule has 0 unspecified atom stereocenters. The van der Waals surface area contributed by atoms with Gasteiger partial charge in [0.25, 0.3) is 0 Å². The molecule has 1 saturated heterocycles. The first kappa shape index (κ1) is 22.3. The Hall–Kier alpha value is -2.39. The molecule has 1 aliphatic rings. The molecule has 164 valence electrons. The maximum atomic E-state index is 13.3. The van der Waals surface area contributed by atoms with Crippen LogP contribution in [0, 0.1) is 25.7 Å². The molecule has 1 aromatic carbocycles. The Morgan fingerprint density at radius 3 is 2.47 bits per heavy atom. The topological polar surface area (TPSA) is 98.9 Å². The molecular formula is C21H28N2O6S. The van der Waals surface area contributed by atoms with Crippen LogP contribution in [-0.2, 0) is 21.4 Å². The standard InChI is InChI=1S/C21H28N2O6S/c1-13-8-14(2)11-23(10-13)30(25,26)20-9-17(6-7-19(20)27-5)21(24)28-12-18-15(3)22-29-16(18)4/h6-7,9,13-14H,8,10-12H2,1-5H3/t13-,14-/m1/s1. The molecule has 1 fully saturated rings. The number of benzene rings is 1. The number of hydrogen-bond donors (Lipinski definition) is 0. The van der Waals surface area contributed by atoms with Crippen LogP contribution in [0.25, 0.3) is 0 Å². The van der Waals surface area contributed by atoms with Gasteiger partial charge in [-0.3, -0.25) is 0 Å². The predicted octanol–water partition coefficient (Wildman–Crippen LogP) is 3.32. The Balaban J connectivity index is 1.87. The molecule has 0 bridgehead atoms. The van der Waals surface area contributed by atoms with Gasteiger partial charge in [-0.05, 0) is 50.3 Å². The van der Waals surface area contributed by atoms with E-state index in [-0.39, 0.29) is 34.7 Å². The average molecular weight is 437 g/mol. The molecule has 0 aliphatic carbocycles. The van der Waals surface area contributed by atoms with Crippen LogP contribution in [0.5, 0.6) is 5.75 Å². The van der Waals surface area contributed by atoms with Gasteiger partial charge >= 0.3 is 5.97 Å². The van der Waals surface area contributed by atoms with E-state index < -0.39 is 16.0 Å². The predicted molar refractivity (Wildman–Crippen MR) is 110 cm³/mol. The Kier molecular flexibility index (Phi) is 6.52. The summed E-state index contributed by atoms with van der Waals surface area (Å²) in [5.41, 5.74) is 1.48. The number of nitrogens with zero attached hydrogens (tertiary/aromatic N) is 2. The molecule has 0 spiro atoms. The highest BCUT2D eigenvalue weighted by Gasteiger charge is 2.34. The molecule has 2 heterocycles. The van der Waals surface area contributed by atoms with E-state index in [9.17, 15) is 13.2 Å². The van der Waals surface area contributed by atoms with Gasteiger partial charge in [0.2, 0.25) is 10.0 Å². The summed E-state index contributed by atoms with van der Waals surface area (Å²) in [4.78, 5) is 12.6. The van der Waals surface area contributed by atoms with Gasteiger partial charge in [0.1, 0.15) is 23.0 Å². The van der Waals surface area contributed by atoms with Crippen molar-refractivity contribution in [2.75, 3.05) is 20.2 Å². The fraction of sp³-hybridized carbons (Fsp3) is 0.524. The summed E-state index contributed by atoms with van der Waals surface area (Å²) in [5, 5.41) is 3.83. The van der Waals surface area contributed by atoms with E-state index in [2.05, 4.69) is 5.16 Å². The largest absolute Gasteiger partial charge is 0.495 e. The molecule has 1 aliphatic heterocycles. The van der Waals surface area contributed by atoms with Crippen LogP contribution in [0.4, 0.5) is 0 Å². The number of carbonyl (C=O) groups excluding carboxylic acids is 1. The van der Waals surface area contributed by atoms with Crippen LogP contribution in [0.2, 0.25) is 0 Å². The lowest BCUT2D eigenvalue weighted by Crippen LogP contribution is -2.42. The van der Waals surface area contributed by atoms with E-state index >= 15 is 0 Å². The van der Waals surface area contributed by atoms with E-state index in [1.165, 1.54) is 29.6 Å². The lowest BCUT2D eigenvalue weighted by atomic mass is 9.94. The lowest BCUT2D eigenvalue weighted by molar-refractivity contribution is 0.0470. The molecular weight excluding hydrogens is 408 g/mol. The number of methoxy groups -OCH3 is 1. The third-order valence-electron chi connectivity index (χ3n) is 5.38. The number of carbonyl (C=O) groups is 1. The van der Waals surface area contributed by atoms with Crippen LogP contribution in [-0.4, -0.2) is 44.0 Å². The summed E-state index contributed by atoms with van der Waals surface area (Å²) < 4.78 is 43.9. The fourth-order valence-electron chi connectivity index (χ4n) is 3.88. The van der Waals surface area contributed by atoms with E-state index in [0.717, 1.165) is 6.42 Å². The van der Waals surface area contributed by atoms with E-state index in [4.69, 9.17) is 14.0 Å². The molecule has 1 aromatic heterocycles. The van der Waals surface area contributed by atoms with Crippen molar-refractivity contribution in [1.82, 2.24) is 9.46 Å². The van der Waals surface area contributed by atoms with Gasteiger partial charge in [0.15, 0.2) is 0 Å². The second kappa shape index (κ2) is 8.77. The summed E-state index contributed by atoms with van der Waals surface area (Å²) in [6, 6.07) is 4.30. The molecule has 0 amide bonds. The Labute approximate surface area is 177 Å². The number of esters is 1. The molecule has 30 heavy (non-hydrogen) atoms. The Bertz CT molecular complexity index is 1000. The summed E-state index contributed by atoms with van der Waals surface area (Å²) in [5.74, 6) is 0.666. The van der Waals surface area contributed by atoms with E-state index in [1.807, 2.05) is 13.8 Å². The second-order valence-corrected chi connectivity index (χ2v) is 9.92. The second-order valence-electron chi connectivity index (χ2n) is 8.01. The zero-order valence-electron chi connectivity index (χ0n) is 18.0. The fourth-order valence-corrected chi connectivity index (χ4v) is 5.74. The van der Waals surface area contributed by atoms with Gasteiger partial charge in [-0.15, -0.1) is 0 Å². The highest BCUT2D eigenvalue weighted by molar-refractivity contribution is 7.89. The van der Waals surface area contributed by atoms with Crippen LogP contribution < -0.4 is 4.74 Å². The van der Waals surface area contributed by atoms with Crippen molar-refractivity contribution in [1.29, 1.82) is 0 Å². The van der Waals surface area contributed by atoms with Crippen molar-refractivity contribution in [3.63, 3.8) is 0 Å². The minimum Gasteiger partial charge on any atom is -0.495 e. The number of aromatic nitrogens is 1. The van der Waals surface area contributed by atoms with Crippen LogP contribution in [0.15, 0.2) is 27.6 Å². The number of rotatable bonds is 6. The van der Waals surface area contributed by atoms with E-state index in [1.54, 1.807) is 13.8 Å². The minimum atomic E-state index is -3.82. The van der Waals surface area contributed by atoms with Gasteiger partial charge in [0, 0.05) is 13.1 Å². The first-order valence-electron chi connectivity index (χ1n) is 9.90. The molecule has 3 rings (SSSR count). The molecule has 9 heteroatoms. The van der Waals surface area contributed by atoms with Crippen molar-refractivity contribution >= 4 is 16.0 Å². The Morgan fingerprint density at radius 2 is 1.90 bits per heavy atom. The number of sulfonamides is 1. The summed E-state index contributed by atoms with van der Waals surface area (Å²) in [6.45, 7) is 8.46. The van der Waals surface area contributed by atoms with Gasteiger partial charge in [0.05, 0.1) is 23.9 Å². The minimum absolute atomic E-state index is 0.00470. The average Bonchev–Trinajstić information content (AvgIpc) is 3.02. The van der Waals surface area contributed by atoms with Crippen molar-refractivity contribution in [2.24, 2.45) is 11.8 Å². The van der Waals surface area contributed by atoms with E-state index in [0.29, 0.717) is 30.1 Å². The van der Waals surface area contributed by atoms with Gasteiger partial charge in [-0.2, -0.15) is 4.31 Å². The van der Waals surface area contributed by atoms with Gasteiger partial charge in [-0.25, -0.2) is 13.2 Å². The number of piperidine rings is 1. The first-order chi connectivity index (χ1) is 14.1. The molecule has 8 nitrogen and oxygen atoms in total. The van der Waals surface area contributed by atoms with Gasteiger partial charge in [-0.1, -0.05) is 19.0 Å². The smallest absolute Gasteiger partial charge is 0.338 e. The number of ether oxygens (including phenoxy) is 2. The normalized spacial score (nSPS) is 20.2. The number of hydrogen-bond acceptors (Lipinski definition) is 7. The van der Waals surface area contributed by atoms with Crippen LogP contribution >= 0.6 is 0 Å². The van der Waals surface area contributed by atoms with Crippen molar-refractivity contribution in [3.05, 3.63) is 40.8 Å². The maximum absolute atomic E-state index is 13.3. The van der Waals surface area contributed by atoms with Gasteiger partial charge < -0.3 is 14.0 Å². The lowest BCUT2D eigenvalue weighted by Gasteiger charge is -2.34. The molecule has 0 radical (unpaired) electrons. The first-order valence-corrected chi connectivity index (χ1v) is 11.3. The SMILES string of the molecule is COc1ccc(C(=O)OCc2c(C)noc2C)cc1S(=O)(=O)N1C[C@H](C)C[C@@H](C)C1. The zero-order chi connectivity index (χ0) is 22.1. The molecule has 2 atom stereocenters. The maximum Gasteiger partial charge on any atom is 0.338 e. The molecule has 0 N–H and O–H groups in total. The zero-order valence-corrected chi connectivity index (χ0v) is 18.8. The summed E-state index contributed by atoms with van der Waals surface area (Å²) in [7, 11) is -2.41. The highest BCUT2D eigenvalue weighted by Crippen LogP contribution is 2.32. The Morgan fingerprint density at radius 1 is 1.23 bits per heavy atom. The monoisotopic (exact) mass is 436 g/mol. The van der Waals surface area contributed by atoms with Crippen LogP contribution in [0.1, 0.15) is 47.6 Å². The molecule has 0 saturated carbocycles. The number of aryl methyl sites for hydroxylation is 2. The summed E-state index contributed by atoms with van der Waals surface area (Å²) in [6.07, 6.45) is 0.983. The third kappa shape index (κ3) is 4.52. The third-order valence-corrected chi connectivity index (χ3v) is 7.23. The summed E-state index contributed by atoms with van der Waals surface area (Å²) >= 11 is 0. The van der Waals surface area contributed by atoms with Crippen molar-refractivity contribution in [2.45, 2.75) is 45.6 Å². The van der Waals surface area contributed by atoms with Crippen molar-refractivity contribution in [3.8, 4) is 5.75 Å². The molecule has 2 aromatic rings. The van der Waals surface area contributed by atoms with Crippen molar-refractivity contribution < 1.29 is 27.2 Å². The quantitative estimate of drug-likeness (QED) is 0.641. The highest BCUT2D eigenvalue weighted by atomic mass is 32.2. The van der Waals surface area contributed by atoms with Crippen LogP contribution in [0.3, 0.4) is 0 Å².